The van der Waals surface area contributed by atoms with Crippen molar-refractivity contribution in [3.8, 4) is 0 Å². The Hall–Kier alpha value is -1.42. The molecule has 0 unspecified atom stereocenters. The van der Waals surface area contributed by atoms with Gasteiger partial charge in [0, 0.05) is 30.6 Å². The molecule has 0 radical (unpaired) electrons. The van der Waals surface area contributed by atoms with Gasteiger partial charge in [0.05, 0.1) is 0 Å². The van der Waals surface area contributed by atoms with Gasteiger partial charge in [-0.1, -0.05) is 12.1 Å². The van der Waals surface area contributed by atoms with Crippen LogP contribution in [0.25, 0.3) is 6.08 Å². The van der Waals surface area contributed by atoms with E-state index < -0.39 is 0 Å². The third-order valence-electron chi connectivity index (χ3n) is 2.86. The minimum atomic E-state index is 0.0972. The Bertz CT molecular complexity index is 437. The largest absolute Gasteiger partial charge is 0.399 e. The number of amides is 1. The van der Waals surface area contributed by atoms with Crippen molar-refractivity contribution in [2.24, 2.45) is 0 Å². The lowest BCUT2D eigenvalue weighted by Gasteiger charge is -2.17. The van der Waals surface area contributed by atoms with Crippen LogP contribution in [0.1, 0.15) is 12.0 Å². The van der Waals surface area contributed by atoms with Crippen molar-refractivity contribution in [1.82, 2.24) is 4.90 Å². The molecule has 1 saturated heterocycles. The number of carbonyl (C=O) groups is 1. The van der Waals surface area contributed by atoms with Gasteiger partial charge < -0.3 is 10.6 Å². The first kappa shape index (κ1) is 13.0. The van der Waals surface area contributed by atoms with Crippen LogP contribution in [0.2, 0.25) is 0 Å². The van der Waals surface area contributed by atoms with Gasteiger partial charge in [-0.05, 0) is 35.9 Å². The molecular formula is C14H18N2OS. The Labute approximate surface area is 112 Å². The molecule has 1 fully saturated rings. The zero-order valence-corrected chi connectivity index (χ0v) is 11.2. The number of carbonyl (C=O) groups excluding carboxylic acids is 1. The number of nitrogens with zero attached hydrogens (tertiary/aromatic N) is 1. The van der Waals surface area contributed by atoms with Gasteiger partial charge in [-0.2, -0.15) is 11.8 Å². The van der Waals surface area contributed by atoms with E-state index >= 15 is 0 Å². The quantitative estimate of drug-likeness (QED) is 0.657. The molecule has 1 amide bonds. The molecular weight excluding hydrogens is 244 g/mol. The van der Waals surface area contributed by atoms with E-state index in [1.165, 1.54) is 0 Å². The van der Waals surface area contributed by atoms with Crippen molar-refractivity contribution in [3.05, 3.63) is 35.9 Å². The molecule has 18 heavy (non-hydrogen) atoms. The van der Waals surface area contributed by atoms with Crippen LogP contribution < -0.4 is 5.73 Å². The molecule has 0 aromatic heterocycles. The summed E-state index contributed by atoms with van der Waals surface area (Å²) in [5.74, 6) is 2.29. The molecule has 3 nitrogen and oxygen atoms in total. The van der Waals surface area contributed by atoms with Crippen molar-refractivity contribution in [2.45, 2.75) is 6.42 Å². The smallest absolute Gasteiger partial charge is 0.246 e. The van der Waals surface area contributed by atoms with E-state index in [0.29, 0.717) is 0 Å². The molecule has 0 atom stereocenters. The van der Waals surface area contributed by atoms with Gasteiger partial charge in [0.25, 0.3) is 0 Å². The molecule has 1 aliphatic rings. The third kappa shape index (κ3) is 3.81. The van der Waals surface area contributed by atoms with Crippen molar-refractivity contribution >= 4 is 29.4 Å². The molecule has 2 rings (SSSR count). The second kappa shape index (κ2) is 6.50. The summed E-state index contributed by atoms with van der Waals surface area (Å²) in [6.45, 7) is 1.72. The maximum Gasteiger partial charge on any atom is 0.246 e. The minimum absolute atomic E-state index is 0.0972. The molecule has 0 aliphatic carbocycles. The standard InChI is InChI=1S/C14H18N2OS/c15-13-4-1-3-12(11-13)5-6-14(17)16-7-2-9-18-10-8-16/h1,3-6,11H,2,7-10,15H2/b6-5+. The van der Waals surface area contributed by atoms with Crippen molar-refractivity contribution in [2.75, 3.05) is 30.3 Å². The fourth-order valence-corrected chi connectivity index (χ4v) is 2.79. The highest BCUT2D eigenvalue weighted by Gasteiger charge is 2.12. The second-order valence-corrected chi connectivity index (χ2v) is 5.52. The molecule has 0 saturated carbocycles. The Balaban J connectivity index is 1.97. The monoisotopic (exact) mass is 262 g/mol. The lowest BCUT2D eigenvalue weighted by atomic mass is 10.2. The van der Waals surface area contributed by atoms with Crippen molar-refractivity contribution in [3.63, 3.8) is 0 Å². The highest BCUT2D eigenvalue weighted by atomic mass is 32.2. The number of nitrogen functional groups attached to an aromatic ring is 1. The van der Waals surface area contributed by atoms with Crippen LogP contribution in [-0.2, 0) is 4.79 Å². The number of rotatable bonds is 2. The topological polar surface area (TPSA) is 46.3 Å². The second-order valence-electron chi connectivity index (χ2n) is 4.29. The van der Waals surface area contributed by atoms with Gasteiger partial charge in [-0.3, -0.25) is 4.79 Å². The van der Waals surface area contributed by atoms with E-state index in [0.717, 1.165) is 42.3 Å². The predicted molar refractivity (Wildman–Crippen MR) is 78.4 cm³/mol. The normalized spacial score (nSPS) is 16.8. The number of nitrogens with two attached hydrogens (primary N) is 1. The summed E-state index contributed by atoms with van der Waals surface area (Å²) >= 11 is 1.92. The fourth-order valence-electron chi connectivity index (χ4n) is 1.90. The van der Waals surface area contributed by atoms with Crippen LogP contribution in [0.3, 0.4) is 0 Å². The lowest BCUT2D eigenvalue weighted by molar-refractivity contribution is -0.125. The molecule has 0 spiro atoms. The van der Waals surface area contributed by atoms with E-state index in [9.17, 15) is 4.79 Å². The first-order valence-electron chi connectivity index (χ1n) is 6.16. The van der Waals surface area contributed by atoms with Crippen LogP contribution in [0, 0.1) is 0 Å². The highest BCUT2D eigenvalue weighted by Crippen LogP contribution is 2.12. The predicted octanol–water partition coefficient (Wildman–Crippen LogP) is 2.25. The van der Waals surface area contributed by atoms with Gasteiger partial charge >= 0.3 is 0 Å². The van der Waals surface area contributed by atoms with Gasteiger partial charge in [0.1, 0.15) is 0 Å². The number of anilines is 1. The number of thioether (sulfide) groups is 1. The Kier molecular flexibility index (Phi) is 4.70. The van der Waals surface area contributed by atoms with E-state index in [4.69, 9.17) is 5.73 Å². The van der Waals surface area contributed by atoms with Crippen molar-refractivity contribution in [1.29, 1.82) is 0 Å². The third-order valence-corrected chi connectivity index (χ3v) is 3.91. The van der Waals surface area contributed by atoms with Crippen LogP contribution in [0.5, 0.6) is 0 Å². The first-order valence-corrected chi connectivity index (χ1v) is 7.31. The van der Waals surface area contributed by atoms with Gasteiger partial charge in [0.2, 0.25) is 5.91 Å². The van der Waals surface area contributed by atoms with E-state index in [1.807, 2.05) is 47.0 Å². The van der Waals surface area contributed by atoms with Crippen LogP contribution in [0.4, 0.5) is 5.69 Å². The average Bonchev–Trinajstić information content (AvgIpc) is 2.65. The molecule has 0 bridgehead atoms. The Morgan fingerprint density at radius 3 is 3.06 bits per heavy atom. The maximum absolute atomic E-state index is 12.0. The zero-order valence-electron chi connectivity index (χ0n) is 10.3. The molecule has 96 valence electrons. The zero-order chi connectivity index (χ0) is 12.8. The summed E-state index contributed by atoms with van der Waals surface area (Å²) in [7, 11) is 0. The SMILES string of the molecule is Nc1cccc(/C=C/C(=O)N2CCCSCC2)c1. The lowest BCUT2D eigenvalue weighted by Crippen LogP contribution is -2.31. The molecule has 1 aliphatic heterocycles. The summed E-state index contributed by atoms with van der Waals surface area (Å²) in [5, 5.41) is 0. The van der Waals surface area contributed by atoms with Gasteiger partial charge in [-0.25, -0.2) is 0 Å². The minimum Gasteiger partial charge on any atom is -0.399 e. The van der Waals surface area contributed by atoms with E-state index in [-0.39, 0.29) is 5.91 Å². The summed E-state index contributed by atoms with van der Waals surface area (Å²) in [6, 6.07) is 7.54. The summed E-state index contributed by atoms with van der Waals surface area (Å²) in [5.41, 5.74) is 7.38. The van der Waals surface area contributed by atoms with Crippen LogP contribution >= 0.6 is 11.8 Å². The molecule has 1 aromatic carbocycles. The highest BCUT2D eigenvalue weighted by molar-refractivity contribution is 7.99. The molecule has 2 N–H and O–H groups in total. The maximum atomic E-state index is 12.0. The van der Waals surface area contributed by atoms with Gasteiger partial charge in [0.15, 0.2) is 0 Å². The molecule has 1 heterocycles. The summed E-state index contributed by atoms with van der Waals surface area (Å²) in [6.07, 6.45) is 4.56. The van der Waals surface area contributed by atoms with Crippen molar-refractivity contribution < 1.29 is 4.79 Å². The van der Waals surface area contributed by atoms with Crippen LogP contribution in [-0.4, -0.2) is 35.4 Å². The number of hydrogen-bond acceptors (Lipinski definition) is 3. The fraction of sp³-hybridized carbons (Fsp3) is 0.357. The number of benzene rings is 1. The molecule has 4 heteroatoms. The molecule has 1 aromatic rings. The van der Waals surface area contributed by atoms with Gasteiger partial charge in [-0.15, -0.1) is 0 Å². The Morgan fingerprint density at radius 1 is 1.33 bits per heavy atom. The summed E-state index contributed by atoms with van der Waals surface area (Å²) in [4.78, 5) is 13.9. The Morgan fingerprint density at radius 2 is 2.22 bits per heavy atom. The summed E-state index contributed by atoms with van der Waals surface area (Å²) < 4.78 is 0. The van der Waals surface area contributed by atoms with E-state index in [2.05, 4.69) is 0 Å². The first-order chi connectivity index (χ1) is 8.75. The van der Waals surface area contributed by atoms with E-state index in [1.54, 1.807) is 6.08 Å². The number of hydrogen-bond donors (Lipinski definition) is 1. The van der Waals surface area contributed by atoms with Crippen LogP contribution in [0.15, 0.2) is 30.3 Å². The average molecular weight is 262 g/mol.